The molecule has 0 bridgehead atoms. The molecule has 4 aromatic rings. The monoisotopic (exact) mass is 496 g/mol. The Labute approximate surface area is 219 Å². The average molecular weight is 497 g/mol. The third kappa shape index (κ3) is 5.43. The van der Waals surface area contributed by atoms with Crippen LogP contribution in [-0.4, -0.2) is 70.2 Å². The van der Waals surface area contributed by atoms with E-state index in [4.69, 9.17) is 4.98 Å². The van der Waals surface area contributed by atoms with Gasteiger partial charge < -0.3 is 10.2 Å². The zero-order valence-electron chi connectivity index (χ0n) is 22.2. The lowest BCUT2D eigenvalue weighted by Crippen LogP contribution is -2.47. The highest BCUT2D eigenvalue weighted by Crippen LogP contribution is 2.29. The topological polar surface area (TPSA) is 66.3 Å². The lowest BCUT2D eigenvalue weighted by molar-refractivity contribution is 0.0909. The molecule has 1 fully saturated rings. The first-order chi connectivity index (χ1) is 17.9. The van der Waals surface area contributed by atoms with Crippen LogP contribution in [0.25, 0.3) is 22.3 Å². The molecule has 0 radical (unpaired) electrons. The minimum Gasteiger partial charge on any atom is -0.344 e. The number of likely N-dealkylation sites (N-methyl/N-ethyl adjacent to an activating group) is 1. The number of pyridine rings is 1. The van der Waals surface area contributed by atoms with Crippen LogP contribution in [0.3, 0.4) is 0 Å². The summed E-state index contributed by atoms with van der Waals surface area (Å²) in [5, 5.41) is 8.74. The molecule has 7 heteroatoms. The summed E-state index contributed by atoms with van der Waals surface area (Å²) in [4.78, 5) is 23.7. The standard InChI is InChI=1S/C30H36N6O/c1-21(2)36-29-26(19-31-36)25(18-27(32-29)24-13-9-8-10-22(24)3)30(37)33-28(23-11-6-5-7-12-23)20-35-16-14-34(4)15-17-35/h5-13,18-19,21,28H,14-17,20H2,1-4H3,(H,33,37). The third-order valence-electron chi connectivity index (χ3n) is 7.27. The van der Waals surface area contributed by atoms with E-state index in [0.717, 1.165) is 66.1 Å². The summed E-state index contributed by atoms with van der Waals surface area (Å²) in [6.45, 7) is 11.1. The molecule has 2 aromatic carbocycles. The van der Waals surface area contributed by atoms with Crippen molar-refractivity contribution < 1.29 is 4.79 Å². The largest absolute Gasteiger partial charge is 0.344 e. The summed E-state index contributed by atoms with van der Waals surface area (Å²) in [5.74, 6) is -0.103. The molecule has 0 spiro atoms. The fraction of sp³-hybridized carbons (Fsp3) is 0.367. The van der Waals surface area contributed by atoms with Gasteiger partial charge in [0.2, 0.25) is 0 Å². The second kappa shape index (κ2) is 10.8. The number of amides is 1. The number of hydrogen-bond acceptors (Lipinski definition) is 5. The van der Waals surface area contributed by atoms with Gasteiger partial charge in [-0.05, 0) is 45.0 Å². The summed E-state index contributed by atoms with van der Waals surface area (Å²) in [7, 11) is 2.16. The molecule has 1 aliphatic rings. The van der Waals surface area contributed by atoms with Crippen molar-refractivity contribution in [2.24, 2.45) is 0 Å². The van der Waals surface area contributed by atoms with E-state index in [-0.39, 0.29) is 18.0 Å². The van der Waals surface area contributed by atoms with Gasteiger partial charge in [-0.2, -0.15) is 5.10 Å². The fourth-order valence-corrected chi connectivity index (χ4v) is 5.03. The Kier molecular flexibility index (Phi) is 7.35. The Bertz CT molecular complexity index is 1370. The van der Waals surface area contributed by atoms with Crippen LogP contribution in [0.5, 0.6) is 0 Å². The Morgan fingerprint density at radius 2 is 1.70 bits per heavy atom. The molecule has 0 aliphatic carbocycles. The summed E-state index contributed by atoms with van der Waals surface area (Å²) in [6.07, 6.45) is 1.77. The molecule has 1 unspecified atom stereocenters. The van der Waals surface area contributed by atoms with Gasteiger partial charge in [0.25, 0.3) is 5.91 Å². The van der Waals surface area contributed by atoms with Crippen molar-refractivity contribution in [1.82, 2.24) is 29.9 Å². The number of aromatic nitrogens is 3. The van der Waals surface area contributed by atoms with Gasteiger partial charge in [-0.25, -0.2) is 9.67 Å². The van der Waals surface area contributed by atoms with Gasteiger partial charge in [0.1, 0.15) is 0 Å². The predicted octanol–water partition coefficient (Wildman–Crippen LogP) is 4.71. The Morgan fingerprint density at radius 1 is 1.00 bits per heavy atom. The number of aryl methyl sites for hydroxylation is 1. The number of rotatable bonds is 7. The number of benzene rings is 2. The summed E-state index contributed by atoms with van der Waals surface area (Å²) >= 11 is 0. The number of hydrogen-bond donors (Lipinski definition) is 1. The minimum absolute atomic E-state index is 0.103. The molecule has 1 saturated heterocycles. The van der Waals surface area contributed by atoms with Crippen LogP contribution in [0.2, 0.25) is 0 Å². The zero-order valence-corrected chi connectivity index (χ0v) is 22.2. The van der Waals surface area contributed by atoms with E-state index >= 15 is 0 Å². The normalized spacial score (nSPS) is 15.8. The molecule has 7 nitrogen and oxygen atoms in total. The lowest BCUT2D eigenvalue weighted by atomic mass is 10.0. The number of nitrogens with one attached hydrogen (secondary N) is 1. The summed E-state index contributed by atoms with van der Waals surface area (Å²) < 4.78 is 1.90. The van der Waals surface area contributed by atoms with Gasteiger partial charge >= 0.3 is 0 Å². The molecule has 1 N–H and O–H groups in total. The van der Waals surface area contributed by atoms with Crippen molar-refractivity contribution in [3.05, 3.63) is 83.6 Å². The van der Waals surface area contributed by atoms with Crippen LogP contribution >= 0.6 is 0 Å². The maximum atomic E-state index is 14.0. The van der Waals surface area contributed by atoms with Crippen molar-refractivity contribution in [1.29, 1.82) is 0 Å². The second-order valence-electron chi connectivity index (χ2n) is 10.3. The molecule has 3 heterocycles. The van der Waals surface area contributed by atoms with E-state index in [1.165, 1.54) is 0 Å². The molecule has 5 rings (SSSR count). The predicted molar refractivity (Wildman–Crippen MR) is 149 cm³/mol. The van der Waals surface area contributed by atoms with Crippen LogP contribution in [0.1, 0.15) is 47.4 Å². The highest BCUT2D eigenvalue weighted by molar-refractivity contribution is 6.06. The number of nitrogens with zero attached hydrogens (tertiary/aromatic N) is 5. The molecule has 1 amide bonds. The molecule has 37 heavy (non-hydrogen) atoms. The highest BCUT2D eigenvalue weighted by Gasteiger charge is 2.24. The van der Waals surface area contributed by atoms with Crippen LogP contribution in [0.4, 0.5) is 0 Å². The van der Waals surface area contributed by atoms with E-state index in [1.807, 2.05) is 41.1 Å². The Morgan fingerprint density at radius 3 is 2.41 bits per heavy atom. The van der Waals surface area contributed by atoms with E-state index in [0.29, 0.717) is 5.56 Å². The molecule has 1 atom stereocenters. The third-order valence-corrected chi connectivity index (χ3v) is 7.27. The van der Waals surface area contributed by atoms with Crippen molar-refractivity contribution in [3.8, 4) is 11.3 Å². The number of fused-ring (bicyclic) bond motifs is 1. The molecule has 0 saturated carbocycles. The quantitative estimate of drug-likeness (QED) is 0.402. The van der Waals surface area contributed by atoms with Gasteiger partial charge in [-0.3, -0.25) is 9.69 Å². The molecular formula is C30H36N6O. The minimum atomic E-state index is -0.123. The van der Waals surface area contributed by atoms with E-state index in [9.17, 15) is 4.79 Å². The smallest absolute Gasteiger partial charge is 0.252 e. The SMILES string of the molecule is Cc1ccccc1-c1cc(C(=O)NC(CN2CCN(C)CC2)c2ccccc2)c2cnn(C(C)C)c2n1. The molecular weight excluding hydrogens is 460 g/mol. The van der Waals surface area contributed by atoms with Crippen molar-refractivity contribution in [2.75, 3.05) is 39.8 Å². The van der Waals surface area contributed by atoms with Gasteiger partial charge in [-0.15, -0.1) is 0 Å². The Balaban J connectivity index is 1.53. The first-order valence-electron chi connectivity index (χ1n) is 13.1. The first kappa shape index (κ1) is 25.1. The number of piperazine rings is 1. The van der Waals surface area contributed by atoms with Crippen LogP contribution in [0.15, 0.2) is 66.9 Å². The highest BCUT2D eigenvalue weighted by atomic mass is 16.1. The van der Waals surface area contributed by atoms with Gasteiger partial charge in [0.15, 0.2) is 5.65 Å². The molecule has 192 valence electrons. The van der Waals surface area contributed by atoms with Crippen molar-refractivity contribution >= 4 is 16.9 Å². The maximum absolute atomic E-state index is 14.0. The van der Waals surface area contributed by atoms with Gasteiger partial charge in [0, 0.05) is 44.3 Å². The molecule has 1 aliphatic heterocycles. The summed E-state index contributed by atoms with van der Waals surface area (Å²) in [5.41, 5.74) is 5.37. The van der Waals surface area contributed by atoms with E-state index in [2.05, 4.69) is 72.3 Å². The summed E-state index contributed by atoms with van der Waals surface area (Å²) in [6, 6.07) is 20.4. The van der Waals surface area contributed by atoms with Crippen LogP contribution in [0, 0.1) is 6.92 Å². The van der Waals surface area contributed by atoms with E-state index in [1.54, 1.807) is 6.20 Å². The van der Waals surface area contributed by atoms with Gasteiger partial charge in [0.05, 0.1) is 28.9 Å². The molecule has 2 aromatic heterocycles. The fourth-order valence-electron chi connectivity index (χ4n) is 5.03. The van der Waals surface area contributed by atoms with Crippen molar-refractivity contribution in [3.63, 3.8) is 0 Å². The Hall–Kier alpha value is -3.55. The van der Waals surface area contributed by atoms with Crippen LogP contribution in [-0.2, 0) is 0 Å². The van der Waals surface area contributed by atoms with Crippen LogP contribution < -0.4 is 5.32 Å². The number of carbonyl (C=O) groups is 1. The van der Waals surface area contributed by atoms with E-state index < -0.39 is 0 Å². The van der Waals surface area contributed by atoms with Crippen molar-refractivity contribution in [2.45, 2.75) is 32.9 Å². The average Bonchev–Trinajstić information content (AvgIpc) is 3.34. The second-order valence-corrected chi connectivity index (χ2v) is 10.3. The maximum Gasteiger partial charge on any atom is 0.252 e. The lowest BCUT2D eigenvalue weighted by Gasteiger charge is -2.35. The number of carbonyl (C=O) groups excluding carboxylic acids is 1. The zero-order chi connectivity index (χ0) is 25.9. The first-order valence-corrected chi connectivity index (χ1v) is 13.1. The van der Waals surface area contributed by atoms with Gasteiger partial charge in [-0.1, -0.05) is 54.6 Å².